The SMILES string of the molecule is C=CCCC1CCC(c2ccc(C=CC(F)(F)F)c(F)c2)CC1. The van der Waals surface area contributed by atoms with E-state index in [1.807, 2.05) is 6.08 Å². The second-order valence-electron chi connectivity index (χ2n) is 6.24. The van der Waals surface area contributed by atoms with Crippen LogP contribution in [0.25, 0.3) is 6.08 Å². The smallest absolute Gasteiger partial charge is 0.206 e. The Hall–Kier alpha value is -1.58. The first-order chi connectivity index (χ1) is 10.9. The van der Waals surface area contributed by atoms with E-state index in [1.54, 1.807) is 6.07 Å². The van der Waals surface area contributed by atoms with Crippen LogP contribution in [-0.4, -0.2) is 6.18 Å². The maximum Gasteiger partial charge on any atom is 0.409 e. The third-order valence-electron chi connectivity index (χ3n) is 4.57. The van der Waals surface area contributed by atoms with Crippen molar-refractivity contribution < 1.29 is 17.6 Å². The van der Waals surface area contributed by atoms with Crippen LogP contribution in [0.2, 0.25) is 0 Å². The number of alkyl halides is 3. The average molecular weight is 326 g/mol. The van der Waals surface area contributed by atoms with Gasteiger partial charge in [0.05, 0.1) is 0 Å². The highest BCUT2D eigenvalue weighted by Gasteiger charge is 2.24. The molecule has 1 aliphatic rings. The molecule has 4 heteroatoms. The topological polar surface area (TPSA) is 0 Å². The van der Waals surface area contributed by atoms with Gasteiger partial charge in [-0.15, -0.1) is 6.58 Å². The van der Waals surface area contributed by atoms with E-state index in [4.69, 9.17) is 0 Å². The molecule has 126 valence electrons. The molecule has 1 aromatic rings. The molecule has 23 heavy (non-hydrogen) atoms. The summed E-state index contributed by atoms with van der Waals surface area (Å²) in [7, 11) is 0. The van der Waals surface area contributed by atoms with Crippen LogP contribution in [0.1, 0.15) is 55.6 Å². The molecule has 0 heterocycles. The van der Waals surface area contributed by atoms with Crippen LogP contribution in [0.5, 0.6) is 0 Å². The molecular weight excluding hydrogens is 304 g/mol. The maximum absolute atomic E-state index is 14.0. The molecule has 0 amide bonds. The van der Waals surface area contributed by atoms with E-state index in [9.17, 15) is 17.6 Å². The first-order valence-electron chi connectivity index (χ1n) is 8.05. The molecule has 0 spiro atoms. The highest BCUT2D eigenvalue weighted by atomic mass is 19.4. The number of halogens is 4. The molecule has 0 aromatic heterocycles. The highest BCUT2D eigenvalue weighted by molar-refractivity contribution is 5.51. The zero-order valence-electron chi connectivity index (χ0n) is 13.1. The first-order valence-corrected chi connectivity index (χ1v) is 8.05. The number of benzene rings is 1. The fourth-order valence-electron chi connectivity index (χ4n) is 3.25. The largest absolute Gasteiger partial charge is 0.409 e. The van der Waals surface area contributed by atoms with Crippen molar-refractivity contribution in [2.45, 2.75) is 50.6 Å². The van der Waals surface area contributed by atoms with Crippen LogP contribution in [0.3, 0.4) is 0 Å². The summed E-state index contributed by atoms with van der Waals surface area (Å²) in [6, 6.07) is 4.59. The minimum atomic E-state index is -4.42. The summed E-state index contributed by atoms with van der Waals surface area (Å²) in [5.74, 6) is 0.435. The van der Waals surface area contributed by atoms with Crippen LogP contribution >= 0.6 is 0 Å². The quantitative estimate of drug-likeness (QED) is 0.420. The molecule has 0 N–H and O–H groups in total. The van der Waals surface area contributed by atoms with Crippen molar-refractivity contribution >= 4 is 6.08 Å². The summed E-state index contributed by atoms with van der Waals surface area (Å²) in [6.07, 6.45) is 4.82. The van der Waals surface area contributed by atoms with Gasteiger partial charge in [-0.2, -0.15) is 13.2 Å². The molecule has 0 aliphatic heterocycles. The van der Waals surface area contributed by atoms with Gasteiger partial charge in [0.15, 0.2) is 0 Å². The van der Waals surface area contributed by atoms with E-state index in [0.29, 0.717) is 11.8 Å². The molecular formula is C19H22F4. The number of hydrogen-bond acceptors (Lipinski definition) is 0. The van der Waals surface area contributed by atoms with E-state index in [1.165, 1.54) is 12.1 Å². The lowest BCUT2D eigenvalue weighted by atomic mass is 9.77. The standard InChI is InChI=1S/C19H22F4/c1-2-3-4-14-5-7-15(8-6-14)17-10-9-16(18(20)13-17)11-12-19(21,22)23/h2,9-15H,1,3-8H2. The van der Waals surface area contributed by atoms with Crippen LogP contribution in [0.15, 0.2) is 36.9 Å². The summed E-state index contributed by atoms with van der Waals surface area (Å²) >= 11 is 0. The highest BCUT2D eigenvalue weighted by Crippen LogP contribution is 2.38. The Morgan fingerprint density at radius 3 is 2.39 bits per heavy atom. The van der Waals surface area contributed by atoms with Crippen molar-refractivity contribution in [1.29, 1.82) is 0 Å². The average Bonchev–Trinajstić information content (AvgIpc) is 2.51. The molecule has 0 nitrogen and oxygen atoms in total. The van der Waals surface area contributed by atoms with E-state index in [-0.39, 0.29) is 11.6 Å². The Morgan fingerprint density at radius 1 is 1.13 bits per heavy atom. The van der Waals surface area contributed by atoms with Gasteiger partial charge in [-0.05, 0) is 68.1 Å². The van der Waals surface area contributed by atoms with Gasteiger partial charge in [-0.3, -0.25) is 0 Å². The van der Waals surface area contributed by atoms with E-state index in [0.717, 1.165) is 50.2 Å². The molecule has 1 fully saturated rings. The summed E-state index contributed by atoms with van der Waals surface area (Å²) in [6.45, 7) is 3.74. The van der Waals surface area contributed by atoms with Gasteiger partial charge in [0.2, 0.25) is 0 Å². The minimum absolute atomic E-state index is 0.0225. The van der Waals surface area contributed by atoms with E-state index >= 15 is 0 Å². The van der Waals surface area contributed by atoms with Gasteiger partial charge in [0.1, 0.15) is 5.82 Å². The van der Waals surface area contributed by atoms with Gasteiger partial charge >= 0.3 is 6.18 Å². The van der Waals surface area contributed by atoms with Crippen molar-refractivity contribution in [2.75, 3.05) is 0 Å². The zero-order chi connectivity index (χ0) is 16.9. The fraction of sp³-hybridized carbons (Fsp3) is 0.474. The number of rotatable bonds is 5. The predicted octanol–water partition coefficient (Wildman–Crippen LogP) is 6.64. The summed E-state index contributed by atoms with van der Waals surface area (Å²) in [5, 5.41) is 0. The van der Waals surface area contributed by atoms with Crippen molar-refractivity contribution in [2.24, 2.45) is 5.92 Å². The van der Waals surface area contributed by atoms with E-state index in [2.05, 4.69) is 6.58 Å². The predicted molar refractivity (Wildman–Crippen MR) is 85.6 cm³/mol. The Morgan fingerprint density at radius 2 is 1.83 bits per heavy atom. The molecule has 1 aliphatic carbocycles. The Bertz CT molecular complexity index is 549. The normalized spacial score (nSPS) is 22.4. The maximum atomic E-state index is 14.0. The molecule has 1 saturated carbocycles. The second kappa shape index (κ2) is 7.80. The molecule has 1 aromatic carbocycles. The fourth-order valence-corrected chi connectivity index (χ4v) is 3.25. The molecule has 0 saturated heterocycles. The lowest BCUT2D eigenvalue weighted by Crippen LogP contribution is -2.13. The summed E-state index contributed by atoms with van der Waals surface area (Å²) in [4.78, 5) is 0. The van der Waals surface area contributed by atoms with Crippen molar-refractivity contribution in [3.05, 3.63) is 53.9 Å². The summed E-state index contributed by atoms with van der Waals surface area (Å²) < 4.78 is 50.5. The third kappa shape index (κ3) is 5.52. The summed E-state index contributed by atoms with van der Waals surface area (Å²) in [5.41, 5.74) is 0.875. The Balaban J connectivity index is 1.98. The lowest BCUT2D eigenvalue weighted by molar-refractivity contribution is -0.0790. The van der Waals surface area contributed by atoms with Crippen LogP contribution in [0.4, 0.5) is 17.6 Å². The molecule has 0 radical (unpaired) electrons. The zero-order valence-corrected chi connectivity index (χ0v) is 13.1. The minimum Gasteiger partial charge on any atom is -0.206 e. The van der Waals surface area contributed by atoms with Crippen molar-refractivity contribution in [3.63, 3.8) is 0 Å². The van der Waals surface area contributed by atoms with Crippen LogP contribution < -0.4 is 0 Å². The Kier molecular flexibility index (Phi) is 6.03. The monoisotopic (exact) mass is 326 g/mol. The van der Waals surface area contributed by atoms with Crippen molar-refractivity contribution in [1.82, 2.24) is 0 Å². The lowest BCUT2D eigenvalue weighted by Gasteiger charge is -2.28. The van der Waals surface area contributed by atoms with Crippen LogP contribution in [-0.2, 0) is 0 Å². The second-order valence-corrected chi connectivity index (χ2v) is 6.24. The Labute approximate surface area is 134 Å². The number of allylic oxidation sites excluding steroid dienone is 2. The number of hydrogen-bond donors (Lipinski definition) is 0. The van der Waals surface area contributed by atoms with E-state index < -0.39 is 12.0 Å². The molecule has 0 bridgehead atoms. The third-order valence-corrected chi connectivity index (χ3v) is 4.57. The molecule has 2 rings (SSSR count). The van der Waals surface area contributed by atoms with Gasteiger partial charge < -0.3 is 0 Å². The van der Waals surface area contributed by atoms with Crippen LogP contribution in [0, 0.1) is 11.7 Å². The van der Waals surface area contributed by atoms with Gasteiger partial charge in [0.25, 0.3) is 0 Å². The van der Waals surface area contributed by atoms with Gasteiger partial charge in [-0.1, -0.05) is 18.2 Å². The first kappa shape index (κ1) is 17.8. The molecule has 0 unspecified atom stereocenters. The molecule has 0 atom stereocenters. The van der Waals surface area contributed by atoms with Crippen molar-refractivity contribution in [3.8, 4) is 0 Å². The van der Waals surface area contributed by atoms with Gasteiger partial charge in [0, 0.05) is 11.6 Å². The van der Waals surface area contributed by atoms with Gasteiger partial charge in [-0.25, -0.2) is 4.39 Å².